The van der Waals surface area contributed by atoms with E-state index in [-0.39, 0.29) is 28.6 Å². The van der Waals surface area contributed by atoms with Crippen LogP contribution in [0, 0.1) is 11.8 Å². The van der Waals surface area contributed by atoms with Gasteiger partial charge in [-0.25, -0.2) is 8.42 Å². The van der Waals surface area contributed by atoms with E-state index >= 15 is 0 Å². The van der Waals surface area contributed by atoms with E-state index in [9.17, 15) is 13.2 Å². The predicted octanol–water partition coefficient (Wildman–Crippen LogP) is 4.51. The van der Waals surface area contributed by atoms with Gasteiger partial charge in [0.25, 0.3) is 15.9 Å². The Morgan fingerprint density at radius 1 is 1.12 bits per heavy atom. The Morgan fingerprint density at radius 3 is 2.47 bits per heavy atom. The number of benzene rings is 3. The van der Waals surface area contributed by atoms with Crippen molar-refractivity contribution in [1.29, 1.82) is 0 Å². The lowest BCUT2D eigenvalue weighted by atomic mass is 10.2. The van der Waals surface area contributed by atoms with Crippen molar-refractivity contribution >= 4 is 33.2 Å². The number of methoxy groups -OCH3 is 1. The lowest BCUT2D eigenvalue weighted by Gasteiger charge is -2.23. The molecule has 3 aromatic rings. The molecular formula is C26H23ClN2O4S. The molecule has 3 aromatic carbocycles. The summed E-state index contributed by atoms with van der Waals surface area (Å²) in [7, 11) is -2.49. The first kappa shape index (κ1) is 24.9. The molecule has 0 radical (unpaired) electrons. The molecule has 0 saturated carbocycles. The van der Waals surface area contributed by atoms with Gasteiger partial charge in [-0.3, -0.25) is 9.10 Å². The monoisotopic (exact) mass is 494 g/mol. The molecule has 0 aliphatic rings. The fraction of sp³-hybridized carbons (Fsp3) is 0.115. The number of sulfonamides is 1. The zero-order valence-corrected chi connectivity index (χ0v) is 20.1. The lowest BCUT2D eigenvalue weighted by Crippen LogP contribution is -2.31. The topological polar surface area (TPSA) is 75.7 Å². The van der Waals surface area contributed by atoms with Gasteiger partial charge in [0.1, 0.15) is 5.75 Å². The number of nitrogens with one attached hydrogen (secondary N) is 1. The summed E-state index contributed by atoms with van der Waals surface area (Å²) in [5, 5.41) is 2.78. The maximum atomic E-state index is 13.4. The number of anilines is 1. The number of hydrogen-bond donors (Lipinski definition) is 1. The van der Waals surface area contributed by atoms with Crippen LogP contribution in [0.1, 0.15) is 15.9 Å². The molecule has 0 aliphatic heterocycles. The minimum absolute atomic E-state index is 0.0356. The van der Waals surface area contributed by atoms with Gasteiger partial charge in [-0.15, -0.1) is 6.58 Å². The average Bonchev–Trinajstić information content (AvgIpc) is 2.86. The van der Waals surface area contributed by atoms with Gasteiger partial charge >= 0.3 is 0 Å². The van der Waals surface area contributed by atoms with E-state index in [2.05, 4.69) is 23.7 Å². The van der Waals surface area contributed by atoms with Gasteiger partial charge in [-0.2, -0.15) is 0 Å². The minimum atomic E-state index is -4.02. The molecule has 6 nitrogen and oxygen atoms in total. The molecule has 0 spiro atoms. The van der Waals surface area contributed by atoms with Crippen LogP contribution in [-0.2, 0) is 10.0 Å². The van der Waals surface area contributed by atoms with Crippen LogP contribution in [0.3, 0.4) is 0 Å². The van der Waals surface area contributed by atoms with Crippen molar-refractivity contribution in [2.75, 3.05) is 24.5 Å². The normalized spacial score (nSPS) is 10.5. The molecule has 0 unspecified atom stereocenters. The highest BCUT2D eigenvalue weighted by Crippen LogP contribution is 2.28. The summed E-state index contributed by atoms with van der Waals surface area (Å²) >= 11 is 6.21. The Balaban J connectivity index is 1.84. The van der Waals surface area contributed by atoms with Gasteiger partial charge < -0.3 is 10.1 Å². The van der Waals surface area contributed by atoms with Crippen molar-refractivity contribution in [1.82, 2.24) is 5.32 Å². The van der Waals surface area contributed by atoms with Crippen LogP contribution in [0.2, 0.25) is 5.02 Å². The predicted molar refractivity (Wildman–Crippen MR) is 135 cm³/mol. The van der Waals surface area contributed by atoms with Crippen LogP contribution in [0.5, 0.6) is 5.75 Å². The first-order valence-corrected chi connectivity index (χ1v) is 12.1. The fourth-order valence-corrected chi connectivity index (χ4v) is 4.73. The van der Waals surface area contributed by atoms with E-state index in [1.807, 2.05) is 30.3 Å². The van der Waals surface area contributed by atoms with E-state index in [0.29, 0.717) is 11.4 Å². The van der Waals surface area contributed by atoms with Crippen molar-refractivity contribution in [2.24, 2.45) is 0 Å². The van der Waals surface area contributed by atoms with Gasteiger partial charge in [-0.05, 0) is 54.6 Å². The minimum Gasteiger partial charge on any atom is -0.497 e. The summed E-state index contributed by atoms with van der Waals surface area (Å²) in [5.74, 6) is 5.87. The molecule has 8 heteroatoms. The molecule has 0 saturated heterocycles. The standard InChI is InChI=1S/C26H23ClN2O4S/c1-3-18-29(21-11-13-22(33-2)14-12-21)34(31,32)23-15-16-25(27)24(19-23)26(30)28-17-7-10-20-8-5-4-6-9-20/h3-6,8-9,11-16,19H,1,17-18H2,2H3,(H,28,30). The van der Waals surface area contributed by atoms with Gasteiger partial charge in [0.15, 0.2) is 0 Å². The molecule has 174 valence electrons. The lowest BCUT2D eigenvalue weighted by molar-refractivity contribution is 0.0958. The van der Waals surface area contributed by atoms with Gasteiger partial charge in [-0.1, -0.05) is 47.7 Å². The number of carbonyl (C=O) groups excluding carboxylic acids is 1. The smallest absolute Gasteiger partial charge is 0.264 e. The maximum absolute atomic E-state index is 13.4. The summed E-state index contributed by atoms with van der Waals surface area (Å²) in [4.78, 5) is 12.6. The number of carbonyl (C=O) groups is 1. The summed E-state index contributed by atoms with van der Waals surface area (Å²) in [6, 6.07) is 20.0. The van der Waals surface area contributed by atoms with Gasteiger partial charge in [0, 0.05) is 5.56 Å². The Morgan fingerprint density at radius 2 is 1.82 bits per heavy atom. The summed E-state index contributed by atoms with van der Waals surface area (Å²) in [6.07, 6.45) is 1.48. The Bertz CT molecular complexity index is 1330. The SMILES string of the molecule is C=CCN(c1ccc(OC)cc1)S(=O)(=O)c1ccc(Cl)c(C(=O)NCC#Cc2ccccc2)c1. The van der Waals surface area contributed by atoms with Crippen molar-refractivity contribution in [3.05, 3.63) is 102 Å². The first-order chi connectivity index (χ1) is 16.4. The molecule has 0 aromatic heterocycles. The summed E-state index contributed by atoms with van der Waals surface area (Å²) in [5.41, 5.74) is 1.29. The van der Waals surface area contributed by atoms with Crippen molar-refractivity contribution in [3.8, 4) is 17.6 Å². The average molecular weight is 495 g/mol. The summed E-state index contributed by atoms with van der Waals surface area (Å²) < 4.78 is 33.2. The van der Waals surface area contributed by atoms with Crippen LogP contribution in [0.15, 0.2) is 90.3 Å². The second kappa shape index (κ2) is 11.4. The third kappa shape index (κ3) is 5.98. The van der Waals surface area contributed by atoms with E-state index in [0.717, 1.165) is 5.56 Å². The molecule has 0 fully saturated rings. The van der Waals surface area contributed by atoms with Crippen LogP contribution >= 0.6 is 11.6 Å². The van der Waals surface area contributed by atoms with Crippen LogP contribution in [-0.4, -0.2) is 34.5 Å². The quantitative estimate of drug-likeness (QED) is 0.369. The molecule has 1 amide bonds. The van der Waals surface area contributed by atoms with Gasteiger partial charge in [0.2, 0.25) is 0 Å². The number of amides is 1. The highest BCUT2D eigenvalue weighted by Gasteiger charge is 2.26. The number of rotatable bonds is 8. The Labute approximate surface area is 204 Å². The highest BCUT2D eigenvalue weighted by atomic mass is 35.5. The largest absolute Gasteiger partial charge is 0.497 e. The van der Waals surface area contributed by atoms with E-state index in [4.69, 9.17) is 16.3 Å². The highest BCUT2D eigenvalue weighted by molar-refractivity contribution is 7.92. The van der Waals surface area contributed by atoms with Crippen LogP contribution in [0.25, 0.3) is 0 Å². The van der Waals surface area contributed by atoms with Crippen LogP contribution < -0.4 is 14.4 Å². The second-order valence-electron chi connectivity index (χ2n) is 7.01. The van der Waals surface area contributed by atoms with E-state index < -0.39 is 15.9 Å². The Kier molecular flexibility index (Phi) is 8.36. The molecule has 34 heavy (non-hydrogen) atoms. The third-order valence-electron chi connectivity index (χ3n) is 4.77. The molecule has 3 rings (SSSR count). The number of halogens is 1. The van der Waals surface area contributed by atoms with Crippen LogP contribution in [0.4, 0.5) is 5.69 Å². The zero-order chi connectivity index (χ0) is 24.6. The number of nitrogens with zero attached hydrogens (tertiary/aromatic N) is 1. The van der Waals surface area contributed by atoms with Crippen molar-refractivity contribution in [2.45, 2.75) is 4.90 Å². The number of hydrogen-bond acceptors (Lipinski definition) is 4. The maximum Gasteiger partial charge on any atom is 0.264 e. The molecule has 0 bridgehead atoms. The van der Waals surface area contributed by atoms with E-state index in [1.165, 1.54) is 35.7 Å². The molecule has 1 N–H and O–H groups in total. The van der Waals surface area contributed by atoms with E-state index in [1.54, 1.807) is 24.3 Å². The first-order valence-electron chi connectivity index (χ1n) is 10.3. The van der Waals surface area contributed by atoms with Crippen molar-refractivity contribution < 1.29 is 17.9 Å². The molecule has 0 heterocycles. The number of ether oxygens (including phenoxy) is 1. The summed E-state index contributed by atoms with van der Waals surface area (Å²) in [6.45, 7) is 3.78. The Hall–Kier alpha value is -3.73. The van der Waals surface area contributed by atoms with Gasteiger partial charge in [0.05, 0.1) is 41.4 Å². The molecular weight excluding hydrogens is 472 g/mol. The third-order valence-corrected chi connectivity index (χ3v) is 6.89. The second-order valence-corrected chi connectivity index (χ2v) is 9.28. The molecule has 0 aliphatic carbocycles. The fourth-order valence-electron chi connectivity index (χ4n) is 3.06. The molecule has 0 atom stereocenters. The van der Waals surface area contributed by atoms with Crippen molar-refractivity contribution in [3.63, 3.8) is 0 Å². The zero-order valence-electron chi connectivity index (χ0n) is 18.5.